The van der Waals surface area contributed by atoms with Crippen molar-refractivity contribution >= 4 is 17.7 Å². The van der Waals surface area contributed by atoms with Gasteiger partial charge in [0.25, 0.3) is 0 Å². The number of phenolic OH excluding ortho intramolecular Hbond substituents is 1. The van der Waals surface area contributed by atoms with Crippen LogP contribution in [0.4, 0.5) is 4.39 Å². The van der Waals surface area contributed by atoms with Gasteiger partial charge in [-0.25, -0.2) is 4.39 Å². The second-order valence-corrected chi connectivity index (χ2v) is 9.26. The van der Waals surface area contributed by atoms with Crippen molar-refractivity contribution < 1.29 is 14.3 Å². The van der Waals surface area contributed by atoms with Crippen molar-refractivity contribution in [2.75, 3.05) is 5.75 Å². The molecule has 0 aliphatic heterocycles. The average Bonchev–Trinajstić information content (AvgIpc) is 3.26. The lowest BCUT2D eigenvalue weighted by Crippen LogP contribution is -2.24. The summed E-state index contributed by atoms with van der Waals surface area (Å²) >= 11 is 1.27. The first-order valence-corrected chi connectivity index (χ1v) is 12.3. The number of aryl methyl sites for hydroxylation is 3. The fourth-order valence-corrected chi connectivity index (χ4v) is 4.65. The van der Waals surface area contributed by atoms with Crippen molar-refractivity contribution in [2.24, 2.45) is 0 Å². The van der Waals surface area contributed by atoms with E-state index in [9.17, 15) is 14.3 Å². The molecule has 1 heterocycles. The van der Waals surface area contributed by atoms with Crippen molar-refractivity contribution in [3.05, 3.63) is 94.8 Å². The standard InChI is InChI=1S/C27H27FN4O2S/c1-18-14-21(15-19(2)25(18)34)16-29-24(33)17-35-27-31-30-26(22-10-6-7-11-23(22)28)32(27)13-12-20-8-4-3-5-9-20/h3-11,14-15,34H,12-13,16-17H2,1-2H3,(H,29,33). The number of carbonyl (C=O) groups is 1. The lowest BCUT2D eigenvalue weighted by molar-refractivity contribution is -0.118. The third-order valence-corrected chi connectivity index (χ3v) is 6.64. The molecule has 0 radical (unpaired) electrons. The minimum absolute atomic E-state index is 0.150. The first kappa shape index (κ1) is 24.5. The number of hydrogen-bond donors (Lipinski definition) is 2. The van der Waals surface area contributed by atoms with E-state index in [1.165, 1.54) is 17.8 Å². The Balaban J connectivity index is 1.46. The van der Waals surface area contributed by atoms with Gasteiger partial charge >= 0.3 is 0 Å². The van der Waals surface area contributed by atoms with Crippen LogP contribution >= 0.6 is 11.8 Å². The normalized spacial score (nSPS) is 10.9. The third kappa shape index (κ3) is 6.08. The second-order valence-electron chi connectivity index (χ2n) is 8.32. The maximum atomic E-state index is 14.5. The highest BCUT2D eigenvalue weighted by molar-refractivity contribution is 7.99. The van der Waals surface area contributed by atoms with E-state index in [1.54, 1.807) is 18.2 Å². The molecule has 1 aromatic heterocycles. The fraction of sp³-hybridized carbons (Fsp3) is 0.222. The molecular weight excluding hydrogens is 463 g/mol. The molecule has 0 aliphatic carbocycles. The van der Waals surface area contributed by atoms with E-state index in [1.807, 2.05) is 60.9 Å². The molecule has 180 valence electrons. The van der Waals surface area contributed by atoms with Gasteiger partial charge in [-0.1, -0.05) is 66.4 Å². The summed E-state index contributed by atoms with van der Waals surface area (Å²) in [6.07, 6.45) is 0.722. The highest BCUT2D eigenvalue weighted by atomic mass is 32.2. The maximum Gasteiger partial charge on any atom is 0.230 e. The Morgan fingerprint density at radius 2 is 1.69 bits per heavy atom. The predicted octanol–water partition coefficient (Wildman–Crippen LogP) is 5.06. The van der Waals surface area contributed by atoms with Crippen molar-refractivity contribution in [3.8, 4) is 17.1 Å². The molecule has 0 fully saturated rings. The summed E-state index contributed by atoms with van der Waals surface area (Å²) in [5.41, 5.74) is 3.99. The summed E-state index contributed by atoms with van der Waals surface area (Å²) in [7, 11) is 0. The van der Waals surface area contributed by atoms with Crippen LogP contribution in [-0.2, 0) is 24.3 Å². The van der Waals surface area contributed by atoms with Crippen molar-refractivity contribution in [2.45, 2.75) is 38.5 Å². The smallest absolute Gasteiger partial charge is 0.230 e. The van der Waals surface area contributed by atoms with Gasteiger partial charge in [-0.2, -0.15) is 0 Å². The quantitative estimate of drug-likeness (QED) is 0.321. The molecule has 0 spiro atoms. The summed E-state index contributed by atoms with van der Waals surface area (Å²) in [5.74, 6) is 0.350. The molecule has 3 aromatic carbocycles. The van der Waals surface area contributed by atoms with Gasteiger partial charge in [0.05, 0.1) is 11.3 Å². The molecule has 1 amide bonds. The lowest BCUT2D eigenvalue weighted by Gasteiger charge is -2.11. The number of nitrogens with zero attached hydrogens (tertiary/aromatic N) is 3. The largest absolute Gasteiger partial charge is 0.507 e. The molecule has 0 atom stereocenters. The molecule has 0 unspecified atom stereocenters. The molecular formula is C27H27FN4O2S. The minimum Gasteiger partial charge on any atom is -0.507 e. The highest BCUT2D eigenvalue weighted by Gasteiger charge is 2.18. The number of phenols is 1. The summed E-state index contributed by atoms with van der Waals surface area (Å²) in [4.78, 5) is 12.5. The number of nitrogens with one attached hydrogen (secondary N) is 1. The SMILES string of the molecule is Cc1cc(CNC(=O)CSc2nnc(-c3ccccc3F)n2CCc2ccccc2)cc(C)c1O. The molecule has 0 aliphatic rings. The monoisotopic (exact) mass is 490 g/mol. The van der Waals surface area contributed by atoms with Crippen LogP contribution in [0.25, 0.3) is 11.4 Å². The number of thioether (sulfide) groups is 1. The van der Waals surface area contributed by atoms with E-state index >= 15 is 0 Å². The Morgan fingerprint density at radius 3 is 2.40 bits per heavy atom. The fourth-order valence-electron chi connectivity index (χ4n) is 3.85. The zero-order valence-electron chi connectivity index (χ0n) is 19.7. The molecule has 35 heavy (non-hydrogen) atoms. The Hall–Kier alpha value is -3.65. The molecule has 0 saturated heterocycles. The highest BCUT2D eigenvalue weighted by Crippen LogP contribution is 2.27. The van der Waals surface area contributed by atoms with Crippen LogP contribution in [-0.4, -0.2) is 31.5 Å². The van der Waals surface area contributed by atoms with Crippen molar-refractivity contribution in [1.82, 2.24) is 20.1 Å². The van der Waals surface area contributed by atoms with Gasteiger partial charge in [0.15, 0.2) is 11.0 Å². The maximum absolute atomic E-state index is 14.5. The molecule has 4 aromatic rings. The van der Waals surface area contributed by atoms with E-state index in [0.29, 0.717) is 29.6 Å². The summed E-state index contributed by atoms with van der Waals surface area (Å²) in [5, 5.41) is 21.9. The molecule has 0 saturated carbocycles. The third-order valence-electron chi connectivity index (χ3n) is 5.67. The zero-order chi connectivity index (χ0) is 24.8. The minimum atomic E-state index is -0.366. The topological polar surface area (TPSA) is 80.0 Å². The number of benzene rings is 3. The summed E-state index contributed by atoms with van der Waals surface area (Å²) in [6, 6.07) is 20.2. The molecule has 4 rings (SSSR count). The van der Waals surface area contributed by atoms with E-state index < -0.39 is 0 Å². The Morgan fingerprint density at radius 1 is 1.00 bits per heavy atom. The van der Waals surface area contributed by atoms with Crippen molar-refractivity contribution in [1.29, 1.82) is 0 Å². The van der Waals surface area contributed by atoms with Gasteiger partial charge in [-0.3, -0.25) is 4.79 Å². The molecule has 2 N–H and O–H groups in total. The molecule has 0 bridgehead atoms. The Kier molecular flexibility index (Phi) is 7.82. The van der Waals surface area contributed by atoms with Crippen LogP contribution < -0.4 is 5.32 Å². The van der Waals surface area contributed by atoms with Crippen LogP contribution in [0.15, 0.2) is 71.9 Å². The Labute approximate surface area is 208 Å². The van der Waals surface area contributed by atoms with Crippen molar-refractivity contribution in [3.63, 3.8) is 0 Å². The predicted molar refractivity (Wildman–Crippen MR) is 136 cm³/mol. The second kappa shape index (κ2) is 11.2. The number of carbonyl (C=O) groups excluding carboxylic acids is 1. The van der Waals surface area contributed by atoms with E-state index in [-0.39, 0.29) is 23.2 Å². The average molecular weight is 491 g/mol. The first-order chi connectivity index (χ1) is 16.9. The number of rotatable bonds is 9. The van der Waals surface area contributed by atoms with Gasteiger partial charge in [-0.05, 0) is 54.7 Å². The number of hydrogen-bond acceptors (Lipinski definition) is 5. The summed E-state index contributed by atoms with van der Waals surface area (Å²) < 4.78 is 16.4. The van der Waals surface area contributed by atoms with Crippen LogP contribution in [0.2, 0.25) is 0 Å². The van der Waals surface area contributed by atoms with Gasteiger partial charge in [0.2, 0.25) is 5.91 Å². The number of aromatic nitrogens is 3. The van der Waals surface area contributed by atoms with E-state index in [0.717, 1.165) is 28.7 Å². The van der Waals surface area contributed by atoms with Crippen LogP contribution in [0.1, 0.15) is 22.3 Å². The first-order valence-electron chi connectivity index (χ1n) is 11.3. The van der Waals surface area contributed by atoms with Gasteiger partial charge in [-0.15, -0.1) is 10.2 Å². The number of halogens is 1. The lowest BCUT2D eigenvalue weighted by atomic mass is 10.1. The summed E-state index contributed by atoms with van der Waals surface area (Å²) in [6.45, 7) is 4.58. The molecule has 8 heteroatoms. The van der Waals surface area contributed by atoms with E-state index in [2.05, 4.69) is 15.5 Å². The number of amides is 1. The zero-order valence-corrected chi connectivity index (χ0v) is 20.5. The van der Waals surface area contributed by atoms with E-state index in [4.69, 9.17) is 0 Å². The van der Waals surface area contributed by atoms with Crippen LogP contribution in [0.5, 0.6) is 5.75 Å². The number of aromatic hydroxyl groups is 1. The molecule has 6 nitrogen and oxygen atoms in total. The van der Waals surface area contributed by atoms with Crippen LogP contribution in [0.3, 0.4) is 0 Å². The Bertz CT molecular complexity index is 1300. The van der Waals surface area contributed by atoms with Crippen LogP contribution in [0, 0.1) is 19.7 Å². The van der Waals surface area contributed by atoms with Gasteiger partial charge in [0, 0.05) is 13.1 Å². The van der Waals surface area contributed by atoms with Gasteiger partial charge < -0.3 is 15.0 Å². The van der Waals surface area contributed by atoms with Gasteiger partial charge in [0.1, 0.15) is 11.6 Å².